The lowest BCUT2D eigenvalue weighted by atomic mass is 9.82. The van der Waals surface area contributed by atoms with Crippen molar-refractivity contribution in [3.63, 3.8) is 0 Å². The molecule has 13 nitrogen and oxygen atoms in total. The van der Waals surface area contributed by atoms with Crippen LogP contribution in [-0.4, -0.2) is 114 Å². The number of carbonyl (C=O) groups is 6. The Balaban J connectivity index is 1.83. The topological polar surface area (TPSA) is 155 Å². The molecule has 2 aliphatic heterocycles. The molecule has 2 heterocycles. The Bertz CT molecular complexity index is 1790. The minimum Gasteiger partial charge on any atom is -0.497 e. The zero-order chi connectivity index (χ0) is 42.0. The fourth-order valence-electron chi connectivity index (χ4n) is 7.41. The van der Waals surface area contributed by atoms with E-state index in [1.54, 1.807) is 66.1 Å². The highest BCUT2D eigenvalue weighted by Gasteiger charge is 2.46. The van der Waals surface area contributed by atoms with Crippen LogP contribution < -0.4 is 15.4 Å². The molecular formula is C44H59N5O8. The van der Waals surface area contributed by atoms with Crippen LogP contribution in [0.3, 0.4) is 0 Å². The van der Waals surface area contributed by atoms with Crippen LogP contribution in [0.5, 0.6) is 5.75 Å². The summed E-state index contributed by atoms with van der Waals surface area (Å²) in [5.41, 5.74) is 0.183. The lowest BCUT2D eigenvalue weighted by molar-refractivity contribution is -0.163. The SMILES string of the molecule is C#CCCCC1OC(=O)[C@H](C)NC(=O)[C@H](Cc2ccc(OC)cc2)N(C)C(=O)[C@@H]2CCCN2C(=O)[C@H](Cc2ccccc2)N(C)C(=O)C(C(C)C)NC(=O)C1(C)C. The van der Waals surface area contributed by atoms with E-state index in [0.717, 1.165) is 11.1 Å². The summed E-state index contributed by atoms with van der Waals surface area (Å²) in [6.07, 6.45) is 6.73. The second kappa shape index (κ2) is 19.7. The van der Waals surface area contributed by atoms with Crippen molar-refractivity contribution in [2.75, 3.05) is 27.7 Å². The Morgan fingerprint density at radius 3 is 2.11 bits per heavy atom. The molecule has 5 amide bonds. The highest BCUT2D eigenvalue weighted by molar-refractivity contribution is 5.97. The van der Waals surface area contributed by atoms with Crippen LogP contribution >= 0.6 is 0 Å². The number of ether oxygens (including phenoxy) is 2. The molecule has 0 radical (unpaired) electrons. The number of esters is 1. The lowest BCUT2D eigenvalue weighted by Gasteiger charge is -2.38. The number of fused-ring (bicyclic) bond motifs is 1. The van der Waals surface area contributed by atoms with Crippen LogP contribution in [-0.2, 0) is 46.3 Å². The van der Waals surface area contributed by atoms with Gasteiger partial charge in [0, 0.05) is 39.9 Å². The van der Waals surface area contributed by atoms with Crippen molar-refractivity contribution < 1.29 is 38.2 Å². The van der Waals surface area contributed by atoms with Crippen LogP contribution in [0.1, 0.15) is 77.8 Å². The lowest BCUT2D eigenvalue weighted by Crippen LogP contribution is -2.60. The number of nitrogens with zero attached hydrogens (tertiary/aromatic N) is 3. The predicted molar refractivity (Wildman–Crippen MR) is 215 cm³/mol. The number of cyclic esters (lactones) is 1. The Kier molecular flexibility index (Phi) is 15.3. The Morgan fingerprint density at radius 1 is 0.877 bits per heavy atom. The average molecular weight is 786 g/mol. The Labute approximate surface area is 337 Å². The number of unbranched alkanes of at least 4 members (excludes halogenated alkanes) is 1. The Hall–Kier alpha value is -5.38. The Morgan fingerprint density at radius 2 is 1.49 bits per heavy atom. The third-order valence-corrected chi connectivity index (χ3v) is 11.3. The van der Waals surface area contributed by atoms with E-state index in [1.807, 2.05) is 30.3 Å². The van der Waals surface area contributed by atoms with E-state index in [4.69, 9.17) is 15.9 Å². The van der Waals surface area contributed by atoms with E-state index in [1.165, 1.54) is 28.7 Å². The summed E-state index contributed by atoms with van der Waals surface area (Å²) in [5, 5.41) is 5.68. The summed E-state index contributed by atoms with van der Waals surface area (Å²) in [6.45, 7) is 8.62. The van der Waals surface area contributed by atoms with Gasteiger partial charge in [-0.05, 0) is 75.6 Å². The van der Waals surface area contributed by atoms with Crippen LogP contribution in [0, 0.1) is 23.7 Å². The van der Waals surface area contributed by atoms with Crippen LogP contribution in [0.4, 0.5) is 0 Å². The van der Waals surface area contributed by atoms with Gasteiger partial charge < -0.3 is 34.8 Å². The van der Waals surface area contributed by atoms with Crippen molar-refractivity contribution >= 4 is 35.5 Å². The van der Waals surface area contributed by atoms with Gasteiger partial charge in [0.2, 0.25) is 29.5 Å². The molecule has 2 aromatic rings. The molecule has 2 fully saturated rings. The number of benzene rings is 2. The van der Waals surface area contributed by atoms with Crippen molar-refractivity contribution in [3.8, 4) is 18.1 Å². The minimum atomic E-state index is -1.35. The molecule has 0 spiro atoms. The zero-order valence-corrected chi connectivity index (χ0v) is 34.6. The molecule has 13 heteroatoms. The molecule has 0 saturated carbocycles. The number of methoxy groups -OCH3 is 1. The van der Waals surface area contributed by atoms with E-state index < -0.39 is 83.2 Å². The summed E-state index contributed by atoms with van der Waals surface area (Å²) < 4.78 is 11.3. The summed E-state index contributed by atoms with van der Waals surface area (Å²) in [6, 6.07) is 11.2. The molecule has 2 unspecified atom stereocenters. The van der Waals surface area contributed by atoms with Gasteiger partial charge in [-0.1, -0.05) is 56.3 Å². The third kappa shape index (κ3) is 10.7. The van der Waals surface area contributed by atoms with Gasteiger partial charge in [-0.25, -0.2) is 4.79 Å². The molecule has 0 aliphatic carbocycles. The second-order valence-electron chi connectivity index (χ2n) is 16.0. The summed E-state index contributed by atoms with van der Waals surface area (Å²) in [7, 11) is 4.61. The minimum absolute atomic E-state index is 0.0902. The van der Waals surface area contributed by atoms with Crippen molar-refractivity contribution in [2.24, 2.45) is 11.3 Å². The predicted octanol–water partition coefficient (Wildman–Crippen LogP) is 3.53. The van der Waals surface area contributed by atoms with Gasteiger partial charge in [-0.2, -0.15) is 0 Å². The molecule has 4 rings (SSSR count). The van der Waals surface area contributed by atoms with Crippen LogP contribution in [0.25, 0.3) is 0 Å². The molecule has 2 N–H and O–H groups in total. The number of amides is 5. The van der Waals surface area contributed by atoms with Crippen molar-refractivity contribution in [1.82, 2.24) is 25.3 Å². The maximum absolute atomic E-state index is 14.8. The fourth-order valence-corrected chi connectivity index (χ4v) is 7.41. The molecule has 57 heavy (non-hydrogen) atoms. The number of hydrogen-bond acceptors (Lipinski definition) is 8. The van der Waals surface area contributed by atoms with E-state index in [0.29, 0.717) is 31.4 Å². The quantitative estimate of drug-likeness (QED) is 0.223. The number of terminal acetylenes is 1. The van der Waals surface area contributed by atoms with E-state index in [9.17, 15) is 28.8 Å². The van der Waals surface area contributed by atoms with Gasteiger partial charge in [0.05, 0.1) is 12.5 Å². The van der Waals surface area contributed by atoms with Gasteiger partial charge in [0.15, 0.2) is 0 Å². The van der Waals surface area contributed by atoms with Crippen LogP contribution in [0.15, 0.2) is 54.6 Å². The zero-order valence-electron chi connectivity index (χ0n) is 34.6. The molecule has 2 aliphatic rings. The highest BCUT2D eigenvalue weighted by Crippen LogP contribution is 2.30. The summed E-state index contributed by atoms with van der Waals surface area (Å²) in [5.74, 6) is -0.458. The number of hydrogen-bond donors (Lipinski definition) is 2. The highest BCUT2D eigenvalue weighted by atomic mass is 16.5. The fraction of sp³-hybridized carbons (Fsp3) is 0.545. The second-order valence-corrected chi connectivity index (χ2v) is 16.0. The average Bonchev–Trinajstić information content (AvgIpc) is 3.69. The maximum Gasteiger partial charge on any atom is 0.328 e. The van der Waals surface area contributed by atoms with Crippen molar-refractivity contribution in [1.29, 1.82) is 0 Å². The molecule has 0 bridgehead atoms. The van der Waals surface area contributed by atoms with Crippen LogP contribution in [0.2, 0.25) is 0 Å². The molecule has 0 aromatic heterocycles. The normalized spacial score (nSPS) is 25.4. The monoisotopic (exact) mass is 785 g/mol. The molecule has 2 aromatic carbocycles. The number of carbonyl (C=O) groups excluding carboxylic acids is 6. The van der Waals surface area contributed by atoms with Crippen molar-refractivity contribution in [3.05, 3.63) is 65.7 Å². The molecule has 2 saturated heterocycles. The molecular weight excluding hydrogens is 727 g/mol. The number of nitrogens with one attached hydrogen (secondary N) is 2. The maximum atomic E-state index is 14.8. The van der Waals surface area contributed by atoms with E-state index in [2.05, 4.69) is 16.6 Å². The van der Waals surface area contributed by atoms with Gasteiger partial charge >= 0.3 is 5.97 Å². The largest absolute Gasteiger partial charge is 0.497 e. The number of likely N-dealkylation sites (N-methyl/N-ethyl adjacent to an activating group) is 2. The summed E-state index contributed by atoms with van der Waals surface area (Å²) >= 11 is 0. The smallest absolute Gasteiger partial charge is 0.328 e. The van der Waals surface area contributed by atoms with E-state index >= 15 is 0 Å². The molecule has 6 atom stereocenters. The van der Waals surface area contributed by atoms with Gasteiger partial charge in [-0.15, -0.1) is 12.3 Å². The van der Waals surface area contributed by atoms with Gasteiger partial charge in [-0.3, -0.25) is 24.0 Å². The van der Waals surface area contributed by atoms with Gasteiger partial charge in [0.25, 0.3) is 0 Å². The standard InChI is InChI=1S/C44H59N5O8/c1-10-11-13-20-36-44(5,6)43(55)46-37(28(2)3)41(53)48(8)35(27-30-17-14-12-15-18-30)40(52)49-25-16-19-33(49)39(51)47(7)34(38(50)45-29(4)42(54)57-36)26-31-21-23-32(56-9)24-22-31/h1,12,14-15,17-18,21-24,28-29,33-37H,11,13,16,19-20,25-27H2,2-9H3,(H,45,50)(H,46,55)/t29-,33-,34-,35-,36?,37?/m0/s1. The number of rotatable bonds is 9. The van der Waals surface area contributed by atoms with Crippen molar-refractivity contribution in [2.45, 2.75) is 116 Å². The third-order valence-electron chi connectivity index (χ3n) is 11.3. The summed E-state index contributed by atoms with van der Waals surface area (Å²) in [4.78, 5) is 90.2. The first-order chi connectivity index (χ1) is 27.0. The van der Waals surface area contributed by atoms with E-state index in [-0.39, 0.29) is 25.8 Å². The first-order valence-electron chi connectivity index (χ1n) is 19.8. The van der Waals surface area contributed by atoms with Gasteiger partial charge in [0.1, 0.15) is 42.1 Å². The molecule has 308 valence electrons. The first-order valence-corrected chi connectivity index (χ1v) is 19.8. The first kappa shape index (κ1) is 44.3.